The molecule has 1 heterocycles. The van der Waals surface area contributed by atoms with Crippen molar-refractivity contribution in [3.63, 3.8) is 0 Å². The molecule has 0 aliphatic rings. The van der Waals surface area contributed by atoms with Crippen molar-refractivity contribution in [2.24, 2.45) is 0 Å². The van der Waals surface area contributed by atoms with Crippen LogP contribution in [0.15, 0.2) is 21.6 Å². The van der Waals surface area contributed by atoms with Crippen molar-refractivity contribution < 1.29 is 21.3 Å². The summed E-state index contributed by atoms with van der Waals surface area (Å²) in [5.41, 5.74) is 0. The zero-order chi connectivity index (χ0) is 16.3. The van der Waals surface area contributed by atoms with Crippen molar-refractivity contribution in [2.75, 3.05) is 40.5 Å². The van der Waals surface area contributed by atoms with Crippen LogP contribution in [0.1, 0.15) is 5.76 Å². The number of furan rings is 1. The van der Waals surface area contributed by atoms with Crippen molar-refractivity contribution >= 4 is 20.0 Å². The van der Waals surface area contributed by atoms with Crippen LogP contribution in [0, 0.1) is 0 Å². The Morgan fingerprint density at radius 1 is 1.05 bits per heavy atom. The first kappa shape index (κ1) is 18.1. The maximum atomic E-state index is 11.8. The smallest absolute Gasteiger partial charge is 0.275 e. The highest BCUT2D eigenvalue weighted by atomic mass is 32.2. The van der Waals surface area contributed by atoms with Crippen molar-refractivity contribution in [1.29, 1.82) is 0 Å². The second-order valence-corrected chi connectivity index (χ2v) is 9.17. The molecule has 0 saturated heterocycles. The van der Waals surface area contributed by atoms with Gasteiger partial charge in [-0.1, -0.05) is 0 Å². The molecular formula is C11H21N3O5S2. The Balaban J connectivity index is 2.54. The lowest BCUT2D eigenvalue weighted by Crippen LogP contribution is -2.30. The average molecular weight is 339 g/mol. The minimum Gasteiger partial charge on any atom is -0.447 e. The normalized spacial score (nSPS) is 13.2. The van der Waals surface area contributed by atoms with E-state index in [2.05, 4.69) is 5.32 Å². The summed E-state index contributed by atoms with van der Waals surface area (Å²) in [4.78, 5) is 0. The van der Waals surface area contributed by atoms with Crippen molar-refractivity contribution in [1.82, 2.24) is 13.9 Å². The molecule has 0 radical (unpaired) electrons. The molecular weight excluding hydrogens is 318 g/mol. The summed E-state index contributed by atoms with van der Waals surface area (Å²) in [7, 11) is -1.05. The molecule has 1 N–H and O–H groups in total. The molecule has 0 fully saturated rings. The monoisotopic (exact) mass is 339 g/mol. The minimum atomic E-state index is -3.58. The van der Waals surface area contributed by atoms with E-state index in [-0.39, 0.29) is 23.9 Å². The Bertz CT molecular complexity index is 662. The van der Waals surface area contributed by atoms with Crippen LogP contribution in [0.3, 0.4) is 0 Å². The Kier molecular flexibility index (Phi) is 5.93. The van der Waals surface area contributed by atoms with Crippen LogP contribution in [0.5, 0.6) is 0 Å². The Labute approximate surface area is 125 Å². The first-order chi connectivity index (χ1) is 9.57. The van der Waals surface area contributed by atoms with Crippen molar-refractivity contribution in [3.05, 3.63) is 17.9 Å². The van der Waals surface area contributed by atoms with Gasteiger partial charge in [-0.05, 0) is 12.1 Å². The minimum absolute atomic E-state index is 0.0381. The van der Waals surface area contributed by atoms with E-state index in [4.69, 9.17) is 4.42 Å². The number of hydrogen-bond acceptors (Lipinski definition) is 6. The van der Waals surface area contributed by atoms with Crippen LogP contribution >= 0.6 is 0 Å². The number of rotatable bonds is 8. The van der Waals surface area contributed by atoms with Crippen molar-refractivity contribution in [2.45, 2.75) is 11.6 Å². The van der Waals surface area contributed by atoms with E-state index in [1.54, 1.807) is 6.07 Å². The third kappa shape index (κ3) is 4.78. The van der Waals surface area contributed by atoms with Gasteiger partial charge in [-0.3, -0.25) is 0 Å². The predicted octanol–water partition coefficient (Wildman–Crippen LogP) is -0.489. The fourth-order valence-corrected chi connectivity index (χ4v) is 2.95. The fraction of sp³-hybridized carbons (Fsp3) is 0.636. The van der Waals surface area contributed by atoms with E-state index in [1.807, 2.05) is 0 Å². The number of nitrogens with one attached hydrogen (secondary N) is 1. The molecule has 0 aliphatic carbocycles. The first-order valence-electron chi connectivity index (χ1n) is 6.19. The molecule has 0 aromatic carbocycles. The molecule has 0 saturated carbocycles. The van der Waals surface area contributed by atoms with E-state index < -0.39 is 20.0 Å². The van der Waals surface area contributed by atoms with Crippen LogP contribution in [-0.4, -0.2) is 65.9 Å². The van der Waals surface area contributed by atoms with Gasteiger partial charge in [0, 0.05) is 34.7 Å². The zero-order valence-corrected chi connectivity index (χ0v) is 14.2. The summed E-state index contributed by atoms with van der Waals surface area (Å²) in [6.45, 7) is 0.503. The molecule has 0 aliphatic heterocycles. The predicted molar refractivity (Wildman–Crippen MR) is 78.8 cm³/mol. The standard InChI is InChI=1S/C11H21N3O5S2/c1-13(2)20(15,16)8-7-12-9-10-5-6-11(19-10)21(17,18)14(3)4/h5-6,12H,7-9H2,1-4H3. The van der Waals surface area contributed by atoms with E-state index in [1.165, 1.54) is 34.3 Å². The Hall–Kier alpha value is -0.940. The van der Waals surface area contributed by atoms with Crippen LogP contribution < -0.4 is 5.32 Å². The van der Waals surface area contributed by atoms with Crippen LogP contribution in [0.4, 0.5) is 0 Å². The lowest BCUT2D eigenvalue weighted by molar-refractivity contribution is 0.390. The molecule has 0 bridgehead atoms. The molecule has 0 unspecified atom stereocenters. The molecule has 0 amide bonds. The quantitative estimate of drug-likeness (QED) is 0.642. The molecule has 1 rings (SSSR count). The largest absolute Gasteiger partial charge is 0.447 e. The van der Waals surface area contributed by atoms with Crippen molar-refractivity contribution in [3.8, 4) is 0 Å². The molecule has 1 aromatic heterocycles. The highest BCUT2D eigenvalue weighted by Crippen LogP contribution is 2.16. The third-order valence-electron chi connectivity index (χ3n) is 2.76. The van der Waals surface area contributed by atoms with Gasteiger partial charge >= 0.3 is 0 Å². The lowest BCUT2D eigenvalue weighted by atomic mass is 10.4. The SMILES string of the molecule is CN(C)S(=O)(=O)CCNCc1ccc(S(=O)(=O)N(C)C)o1. The second kappa shape index (κ2) is 6.88. The summed E-state index contributed by atoms with van der Waals surface area (Å²) in [6, 6.07) is 2.92. The summed E-state index contributed by atoms with van der Waals surface area (Å²) < 4.78 is 54.1. The van der Waals surface area contributed by atoms with Gasteiger partial charge < -0.3 is 9.73 Å². The topological polar surface area (TPSA) is 99.9 Å². The number of nitrogens with zero attached hydrogens (tertiary/aromatic N) is 2. The Morgan fingerprint density at radius 2 is 1.67 bits per heavy atom. The third-order valence-corrected chi connectivity index (χ3v) is 6.29. The fourth-order valence-electron chi connectivity index (χ4n) is 1.37. The first-order valence-corrected chi connectivity index (χ1v) is 9.24. The van der Waals surface area contributed by atoms with E-state index in [9.17, 15) is 16.8 Å². The molecule has 1 aromatic rings. The maximum absolute atomic E-state index is 11.8. The van der Waals surface area contributed by atoms with Gasteiger partial charge in [0.15, 0.2) is 0 Å². The van der Waals surface area contributed by atoms with Gasteiger partial charge in [-0.25, -0.2) is 25.4 Å². The lowest BCUT2D eigenvalue weighted by Gasteiger charge is -2.11. The summed E-state index contributed by atoms with van der Waals surface area (Å²) in [5.74, 6) is 0.390. The second-order valence-electron chi connectivity index (χ2n) is 4.78. The Morgan fingerprint density at radius 3 is 2.19 bits per heavy atom. The molecule has 8 nitrogen and oxygen atoms in total. The maximum Gasteiger partial charge on any atom is 0.275 e. The molecule has 21 heavy (non-hydrogen) atoms. The van der Waals surface area contributed by atoms with Gasteiger partial charge in [-0.2, -0.15) is 0 Å². The molecule has 0 spiro atoms. The average Bonchev–Trinajstić information content (AvgIpc) is 2.83. The summed E-state index contributed by atoms with van der Waals surface area (Å²) in [6.07, 6.45) is 0. The van der Waals surface area contributed by atoms with Gasteiger partial charge in [0.25, 0.3) is 10.0 Å². The van der Waals surface area contributed by atoms with Crippen LogP contribution in [0.2, 0.25) is 0 Å². The molecule has 0 atom stereocenters. The summed E-state index contributed by atoms with van der Waals surface area (Å²) >= 11 is 0. The van der Waals surface area contributed by atoms with E-state index in [0.29, 0.717) is 5.76 Å². The van der Waals surface area contributed by atoms with Crippen LogP contribution in [-0.2, 0) is 26.6 Å². The van der Waals surface area contributed by atoms with Gasteiger partial charge in [0.1, 0.15) is 5.76 Å². The summed E-state index contributed by atoms with van der Waals surface area (Å²) in [5, 5.41) is 2.76. The highest BCUT2D eigenvalue weighted by Gasteiger charge is 2.21. The van der Waals surface area contributed by atoms with Gasteiger partial charge in [0.05, 0.1) is 12.3 Å². The molecule has 122 valence electrons. The highest BCUT2D eigenvalue weighted by molar-refractivity contribution is 7.89. The van der Waals surface area contributed by atoms with E-state index >= 15 is 0 Å². The van der Waals surface area contributed by atoms with Crippen LogP contribution in [0.25, 0.3) is 0 Å². The van der Waals surface area contributed by atoms with E-state index in [0.717, 1.165) is 8.61 Å². The molecule has 10 heteroatoms. The van der Waals surface area contributed by atoms with Gasteiger partial charge in [-0.15, -0.1) is 0 Å². The number of sulfonamides is 2. The number of hydrogen-bond donors (Lipinski definition) is 1. The van der Waals surface area contributed by atoms with Gasteiger partial charge in [0.2, 0.25) is 15.1 Å². The zero-order valence-electron chi connectivity index (χ0n) is 12.5.